The van der Waals surface area contributed by atoms with E-state index in [4.69, 9.17) is 10.8 Å². The van der Waals surface area contributed by atoms with Gasteiger partial charge in [0.05, 0.1) is 18.7 Å². The largest absolute Gasteiger partial charge is 0.480 e. The zero-order valence-electron chi connectivity index (χ0n) is 17.5. The van der Waals surface area contributed by atoms with Crippen LogP contribution < -0.4 is 21.7 Å². The Morgan fingerprint density at radius 1 is 1.10 bits per heavy atom. The maximum atomic E-state index is 12.4. The first-order chi connectivity index (χ1) is 14.6. The number of nitrogens with two attached hydrogens (primary N) is 1. The molecule has 172 valence electrons. The lowest BCUT2D eigenvalue weighted by Gasteiger charge is -2.23. The molecule has 0 bridgehead atoms. The molecule has 0 saturated heterocycles. The minimum atomic E-state index is -1.33. The first kappa shape index (κ1) is 26.4. The van der Waals surface area contributed by atoms with E-state index in [9.17, 15) is 24.3 Å². The second kappa shape index (κ2) is 13.6. The first-order valence-corrected chi connectivity index (χ1v) is 11.1. The zero-order valence-corrected chi connectivity index (χ0v) is 18.4. The Hall–Kier alpha value is -2.63. The molecule has 0 heterocycles. The van der Waals surface area contributed by atoms with Gasteiger partial charge in [-0.3, -0.25) is 14.4 Å². The van der Waals surface area contributed by atoms with Crippen LogP contribution in [0, 0.1) is 0 Å². The molecule has 0 aliphatic carbocycles. The number of benzene rings is 1. The minimum Gasteiger partial charge on any atom is -0.480 e. The smallest absolute Gasteiger partial charge is 0.326 e. The molecule has 0 saturated carbocycles. The summed E-state index contributed by atoms with van der Waals surface area (Å²) in [6.07, 6.45) is 1.05. The van der Waals surface area contributed by atoms with Crippen LogP contribution in [0.25, 0.3) is 0 Å². The molecule has 4 unspecified atom stereocenters. The Balaban J connectivity index is 2.59. The predicted molar refractivity (Wildman–Crippen MR) is 117 cm³/mol. The summed E-state index contributed by atoms with van der Waals surface area (Å²) in [6.45, 7) is 0.813. The van der Waals surface area contributed by atoms with Gasteiger partial charge in [0, 0.05) is 0 Å². The summed E-state index contributed by atoms with van der Waals surface area (Å²) in [4.78, 5) is 47.9. The highest BCUT2D eigenvalue weighted by atomic mass is 32.2. The number of thioether (sulfide) groups is 1. The molecule has 11 heteroatoms. The van der Waals surface area contributed by atoms with E-state index in [1.807, 2.05) is 36.6 Å². The number of rotatable bonds is 13. The fourth-order valence-corrected chi connectivity index (χ4v) is 3.11. The molecule has 1 aromatic carbocycles. The van der Waals surface area contributed by atoms with E-state index in [1.54, 1.807) is 0 Å². The molecule has 0 aliphatic rings. The molecule has 31 heavy (non-hydrogen) atoms. The van der Waals surface area contributed by atoms with E-state index >= 15 is 0 Å². The van der Waals surface area contributed by atoms with Crippen molar-refractivity contribution < 1.29 is 29.4 Å². The van der Waals surface area contributed by atoms with E-state index in [-0.39, 0.29) is 12.8 Å². The van der Waals surface area contributed by atoms with E-state index in [2.05, 4.69) is 16.0 Å². The maximum Gasteiger partial charge on any atom is 0.326 e. The molecule has 10 nitrogen and oxygen atoms in total. The van der Waals surface area contributed by atoms with E-state index in [0.29, 0.717) is 5.75 Å². The van der Waals surface area contributed by atoms with Gasteiger partial charge in [0.1, 0.15) is 12.1 Å². The standard InChI is InChI=1S/C20H30N4O6S/c1-12(25)17(24-18(27)14(21)10-13-6-4-3-5-7-13)19(28)22-11-16(26)23-15(20(29)30)8-9-31-2/h3-7,12,14-15,17,25H,8-11,21H2,1-2H3,(H,22,28)(H,23,26)(H,24,27)(H,29,30). The fraction of sp³-hybridized carbons (Fsp3) is 0.500. The summed E-state index contributed by atoms with van der Waals surface area (Å²) in [5, 5.41) is 26.0. The van der Waals surface area contributed by atoms with Gasteiger partial charge < -0.3 is 31.9 Å². The number of aliphatic hydroxyl groups is 1. The lowest BCUT2D eigenvalue weighted by Crippen LogP contribution is -2.57. The number of carboxylic acid groups (broad SMARTS) is 1. The summed E-state index contributed by atoms with van der Waals surface area (Å²) in [6, 6.07) is 5.75. The van der Waals surface area contributed by atoms with Gasteiger partial charge in [-0.15, -0.1) is 0 Å². The van der Waals surface area contributed by atoms with Gasteiger partial charge in [-0.25, -0.2) is 4.79 Å². The Morgan fingerprint density at radius 3 is 2.29 bits per heavy atom. The van der Waals surface area contributed by atoms with Crippen molar-refractivity contribution in [1.29, 1.82) is 0 Å². The molecular formula is C20H30N4O6S. The molecule has 0 aromatic heterocycles. The summed E-state index contributed by atoms with van der Waals surface area (Å²) in [5.74, 6) is -2.74. The van der Waals surface area contributed by atoms with Crippen molar-refractivity contribution in [1.82, 2.24) is 16.0 Å². The van der Waals surface area contributed by atoms with Crippen molar-refractivity contribution in [3.8, 4) is 0 Å². The third-order valence-corrected chi connectivity index (χ3v) is 5.01. The zero-order chi connectivity index (χ0) is 23.4. The Labute approximate surface area is 185 Å². The molecule has 0 spiro atoms. The van der Waals surface area contributed by atoms with E-state index in [0.717, 1.165) is 5.56 Å². The average Bonchev–Trinajstić information content (AvgIpc) is 2.73. The first-order valence-electron chi connectivity index (χ1n) is 9.72. The molecule has 7 N–H and O–H groups in total. The number of nitrogens with one attached hydrogen (secondary N) is 3. The van der Waals surface area contributed by atoms with Crippen molar-refractivity contribution in [2.75, 3.05) is 18.6 Å². The molecule has 4 atom stereocenters. The Bertz CT molecular complexity index is 746. The number of aliphatic hydroxyl groups excluding tert-OH is 1. The van der Waals surface area contributed by atoms with Crippen LogP contribution in [0.2, 0.25) is 0 Å². The molecule has 0 aliphatic heterocycles. The highest BCUT2D eigenvalue weighted by molar-refractivity contribution is 7.98. The van der Waals surface area contributed by atoms with Gasteiger partial charge >= 0.3 is 5.97 Å². The lowest BCUT2D eigenvalue weighted by atomic mass is 10.0. The topological polar surface area (TPSA) is 171 Å². The minimum absolute atomic E-state index is 0.238. The monoisotopic (exact) mass is 454 g/mol. The van der Waals surface area contributed by atoms with Gasteiger partial charge in [-0.1, -0.05) is 30.3 Å². The second-order valence-electron chi connectivity index (χ2n) is 6.98. The number of aliphatic carboxylic acids is 1. The van der Waals surface area contributed by atoms with E-state index < -0.39 is 54.5 Å². The number of carbonyl (C=O) groups excluding carboxylic acids is 3. The van der Waals surface area contributed by atoms with Crippen molar-refractivity contribution in [3.05, 3.63) is 35.9 Å². The van der Waals surface area contributed by atoms with Crippen LogP contribution in [0.15, 0.2) is 30.3 Å². The van der Waals surface area contributed by atoms with Crippen LogP contribution in [0.4, 0.5) is 0 Å². The van der Waals surface area contributed by atoms with Crippen LogP contribution in [0.5, 0.6) is 0 Å². The van der Waals surface area contributed by atoms with Crippen molar-refractivity contribution in [2.24, 2.45) is 5.73 Å². The predicted octanol–water partition coefficient (Wildman–Crippen LogP) is -1.14. The summed E-state index contributed by atoms with van der Waals surface area (Å²) < 4.78 is 0. The summed E-state index contributed by atoms with van der Waals surface area (Å²) in [5.41, 5.74) is 6.74. The molecule has 1 rings (SSSR count). The molecule has 1 aromatic rings. The fourth-order valence-electron chi connectivity index (χ4n) is 2.64. The van der Waals surface area contributed by atoms with Crippen molar-refractivity contribution in [2.45, 2.75) is 44.0 Å². The van der Waals surface area contributed by atoms with Gasteiger partial charge in [-0.2, -0.15) is 11.8 Å². The second-order valence-corrected chi connectivity index (χ2v) is 7.97. The van der Waals surface area contributed by atoms with Crippen molar-refractivity contribution in [3.63, 3.8) is 0 Å². The number of carboxylic acids is 1. The normalized spacial score (nSPS) is 14.6. The number of amides is 3. The Kier molecular flexibility index (Phi) is 11.6. The van der Waals surface area contributed by atoms with Gasteiger partial charge in [0.2, 0.25) is 17.7 Å². The molecule has 0 radical (unpaired) electrons. The van der Waals surface area contributed by atoms with Gasteiger partial charge in [-0.05, 0) is 37.3 Å². The molecular weight excluding hydrogens is 424 g/mol. The quantitative estimate of drug-likeness (QED) is 0.217. The lowest BCUT2D eigenvalue weighted by molar-refractivity contribution is -0.141. The van der Waals surface area contributed by atoms with Crippen LogP contribution in [0.1, 0.15) is 18.9 Å². The van der Waals surface area contributed by atoms with Crippen LogP contribution in [-0.2, 0) is 25.6 Å². The molecule has 0 fully saturated rings. The average molecular weight is 455 g/mol. The van der Waals surface area contributed by atoms with Crippen LogP contribution in [-0.4, -0.2) is 76.7 Å². The Morgan fingerprint density at radius 2 is 1.74 bits per heavy atom. The summed E-state index contributed by atoms with van der Waals surface area (Å²) >= 11 is 1.45. The highest BCUT2D eigenvalue weighted by Crippen LogP contribution is 2.03. The number of hydrogen-bond donors (Lipinski definition) is 6. The van der Waals surface area contributed by atoms with Gasteiger partial charge in [0.15, 0.2) is 0 Å². The van der Waals surface area contributed by atoms with Crippen LogP contribution in [0.3, 0.4) is 0 Å². The highest BCUT2D eigenvalue weighted by Gasteiger charge is 2.28. The third kappa shape index (κ3) is 9.81. The third-order valence-electron chi connectivity index (χ3n) is 4.36. The number of hydrogen-bond acceptors (Lipinski definition) is 7. The van der Waals surface area contributed by atoms with Gasteiger partial charge in [0.25, 0.3) is 0 Å². The maximum absolute atomic E-state index is 12.4. The van der Waals surface area contributed by atoms with E-state index in [1.165, 1.54) is 18.7 Å². The van der Waals surface area contributed by atoms with Crippen molar-refractivity contribution >= 4 is 35.5 Å². The summed E-state index contributed by atoms with van der Waals surface area (Å²) in [7, 11) is 0. The number of carbonyl (C=O) groups is 4. The van der Waals surface area contributed by atoms with Crippen LogP contribution >= 0.6 is 11.8 Å². The molecule has 3 amide bonds. The SMILES string of the molecule is CSCCC(NC(=O)CNC(=O)C(NC(=O)C(N)Cc1ccccc1)C(C)O)C(=O)O.